The van der Waals surface area contributed by atoms with Gasteiger partial charge in [-0.1, -0.05) is 0 Å². The number of aromatic nitrogens is 2. The molecule has 1 aliphatic rings. The molecule has 26 heavy (non-hydrogen) atoms. The molecular formula is C19H28N4O2S. The maximum absolute atomic E-state index is 12.9. The standard InChI is InChI=1S/C19H28N4O2S/c1-7-23-10-20-16-13(17(23)25)11(2)14(26-16)15(24)21-12-8-18(3,4)22-19(5,6)9-12/h10,12,22H,7-9H2,1-6H3,(H,21,24). The van der Waals surface area contributed by atoms with Crippen molar-refractivity contribution >= 4 is 27.5 Å². The lowest BCUT2D eigenvalue weighted by atomic mass is 9.79. The Hall–Kier alpha value is -1.73. The molecule has 1 fully saturated rings. The van der Waals surface area contributed by atoms with E-state index in [9.17, 15) is 9.59 Å². The second-order valence-corrected chi connectivity index (χ2v) is 9.54. The van der Waals surface area contributed by atoms with Gasteiger partial charge in [0.1, 0.15) is 4.83 Å². The highest BCUT2D eigenvalue weighted by Crippen LogP contribution is 2.30. The Morgan fingerprint density at radius 1 is 1.35 bits per heavy atom. The van der Waals surface area contributed by atoms with Gasteiger partial charge in [0.2, 0.25) is 0 Å². The first-order valence-corrected chi connectivity index (χ1v) is 9.93. The summed E-state index contributed by atoms with van der Waals surface area (Å²) in [6, 6.07) is 0.0959. The third kappa shape index (κ3) is 3.55. The van der Waals surface area contributed by atoms with Crippen molar-refractivity contribution in [1.29, 1.82) is 0 Å². The van der Waals surface area contributed by atoms with Crippen molar-refractivity contribution in [1.82, 2.24) is 20.2 Å². The number of aryl methyl sites for hydroxylation is 2. The molecule has 142 valence electrons. The van der Waals surface area contributed by atoms with E-state index in [4.69, 9.17) is 0 Å². The highest BCUT2D eigenvalue weighted by Gasteiger charge is 2.38. The quantitative estimate of drug-likeness (QED) is 0.864. The minimum Gasteiger partial charge on any atom is -0.348 e. The van der Waals surface area contributed by atoms with Crippen molar-refractivity contribution in [3.63, 3.8) is 0 Å². The van der Waals surface area contributed by atoms with E-state index in [0.717, 1.165) is 18.4 Å². The predicted molar refractivity (Wildman–Crippen MR) is 106 cm³/mol. The molecule has 0 spiro atoms. The minimum absolute atomic E-state index is 0.0364. The second-order valence-electron chi connectivity index (χ2n) is 8.54. The van der Waals surface area contributed by atoms with Crippen LogP contribution in [-0.2, 0) is 6.54 Å². The zero-order chi connectivity index (χ0) is 19.3. The number of carbonyl (C=O) groups excluding carboxylic acids is 1. The van der Waals surface area contributed by atoms with Crippen LogP contribution >= 0.6 is 11.3 Å². The Kier molecular flexibility index (Phi) is 4.73. The van der Waals surface area contributed by atoms with E-state index in [1.54, 1.807) is 10.9 Å². The van der Waals surface area contributed by atoms with Gasteiger partial charge < -0.3 is 10.6 Å². The lowest BCUT2D eigenvalue weighted by Gasteiger charge is -2.46. The third-order valence-electron chi connectivity index (χ3n) is 4.99. The predicted octanol–water partition coefficient (Wildman–Crippen LogP) is 2.83. The van der Waals surface area contributed by atoms with Crippen molar-refractivity contribution < 1.29 is 4.79 Å². The van der Waals surface area contributed by atoms with Gasteiger partial charge in [0.15, 0.2) is 0 Å². The van der Waals surface area contributed by atoms with Crippen LogP contribution in [0, 0.1) is 6.92 Å². The first-order valence-electron chi connectivity index (χ1n) is 9.12. The largest absolute Gasteiger partial charge is 0.348 e. The lowest BCUT2D eigenvalue weighted by molar-refractivity contribution is 0.0877. The Bertz CT molecular complexity index is 894. The number of piperidine rings is 1. The van der Waals surface area contributed by atoms with Crippen molar-refractivity contribution in [3.05, 3.63) is 27.1 Å². The summed E-state index contributed by atoms with van der Waals surface area (Å²) in [6.45, 7) is 13.0. The van der Waals surface area contributed by atoms with E-state index in [1.165, 1.54) is 11.3 Å². The summed E-state index contributed by atoms with van der Waals surface area (Å²) < 4.78 is 1.57. The summed E-state index contributed by atoms with van der Waals surface area (Å²) in [5.74, 6) is -0.105. The molecule has 0 aliphatic carbocycles. The Morgan fingerprint density at radius 2 is 1.96 bits per heavy atom. The molecule has 1 amide bonds. The Balaban J connectivity index is 1.90. The van der Waals surface area contributed by atoms with E-state index in [2.05, 4.69) is 43.3 Å². The summed E-state index contributed by atoms with van der Waals surface area (Å²) in [5, 5.41) is 7.38. The summed E-state index contributed by atoms with van der Waals surface area (Å²) in [5.41, 5.74) is 0.584. The van der Waals surface area contributed by atoms with E-state index >= 15 is 0 Å². The number of rotatable bonds is 3. The van der Waals surface area contributed by atoms with Crippen molar-refractivity contribution in [2.45, 2.75) is 78.0 Å². The molecule has 3 rings (SSSR count). The van der Waals surface area contributed by atoms with E-state index in [1.807, 2.05) is 13.8 Å². The number of hydrogen-bond acceptors (Lipinski definition) is 5. The molecule has 2 N–H and O–H groups in total. The van der Waals surface area contributed by atoms with Gasteiger partial charge in [0, 0.05) is 23.7 Å². The molecule has 1 aliphatic heterocycles. The molecular weight excluding hydrogens is 348 g/mol. The van der Waals surface area contributed by atoms with Crippen LogP contribution in [0.4, 0.5) is 0 Å². The summed E-state index contributed by atoms with van der Waals surface area (Å²) in [7, 11) is 0. The normalized spacial score (nSPS) is 19.6. The van der Waals surface area contributed by atoms with Crippen molar-refractivity contribution in [3.8, 4) is 0 Å². The molecule has 1 saturated heterocycles. The van der Waals surface area contributed by atoms with Crippen LogP contribution in [-0.4, -0.2) is 32.6 Å². The number of nitrogens with zero attached hydrogens (tertiary/aromatic N) is 2. The van der Waals surface area contributed by atoms with Gasteiger partial charge in [0.25, 0.3) is 11.5 Å². The summed E-state index contributed by atoms with van der Waals surface area (Å²) in [4.78, 5) is 31.1. The summed E-state index contributed by atoms with van der Waals surface area (Å²) in [6.07, 6.45) is 3.29. The second kappa shape index (κ2) is 6.46. The lowest BCUT2D eigenvalue weighted by Crippen LogP contribution is -2.62. The fourth-order valence-electron chi connectivity index (χ4n) is 4.28. The number of fused-ring (bicyclic) bond motifs is 1. The van der Waals surface area contributed by atoms with Gasteiger partial charge in [-0.3, -0.25) is 14.2 Å². The van der Waals surface area contributed by atoms with Gasteiger partial charge >= 0.3 is 0 Å². The van der Waals surface area contributed by atoms with Crippen molar-refractivity contribution in [2.24, 2.45) is 0 Å². The molecule has 0 saturated carbocycles. The molecule has 0 aromatic carbocycles. The van der Waals surface area contributed by atoms with E-state index in [-0.39, 0.29) is 28.6 Å². The highest BCUT2D eigenvalue weighted by molar-refractivity contribution is 7.20. The van der Waals surface area contributed by atoms with Crippen LogP contribution in [0.15, 0.2) is 11.1 Å². The number of thiophene rings is 1. The fourth-order valence-corrected chi connectivity index (χ4v) is 5.32. The van der Waals surface area contributed by atoms with Gasteiger partial charge in [-0.15, -0.1) is 11.3 Å². The molecule has 2 aromatic rings. The van der Waals surface area contributed by atoms with Crippen LogP contribution in [0.3, 0.4) is 0 Å². The zero-order valence-corrected chi connectivity index (χ0v) is 17.2. The first kappa shape index (κ1) is 19.0. The Labute approximate surface area is 158 Å². The number of carbonyl (C=O) groups is 1. The molecule has 3 heterocycles. The van der Waals surface area contributed by atoms with Crippen LogP contribution in [0.1, 0.15) is 62.7 Å². The topological polar surface area (TPSA) is 76.0 Å². The third-order valence-corrected chi connectivity index (χ3v) is 6.19. The van der Waals surface area contributed by atoms with Crippen LogP contribution < -0.4 is 16.2 Å². The number of amides is 1. The highest BCUT2D eigenvalue weighted by atomic mass is 32.1. The van der Waals surface area contributed by atoms with E-state index in [0.29, 0.717) is 21.6 Å². The molecule has 0 bridgehead atoms. The Morgan fingerprint density at radius 3 is 2.54 bits per heavy atom. The number of nitrogens with one attached hydrogen (secondary N) is 2. The van der Waals surface area contributed by atoms with Gasteiger partial charge in [-0.2, -0.15) is 0 Å². The fraction of sp³-hybridized carbons (Fsp3) is 0.632. The summed E-state index contributed by atoms with van der Waals surface area (Å²) >= 11 is 1.30. The average Bonchev–Trinajstić information content (AvgIpc) is 2.82. The van der Waals surface area contributed by atoms with Crippen LogP contribution in [0.2, 0.25) is 0 Å². The maximum Gasteiger partial charge on any atom is 0.262 e. The van der Waals surface area contributed by atoms with Gasteiger partial charge in [-0.25, -0.2) is 4.98 Å². The van der Waals surface area contributed by atoms with Crippen LogP contribution in [0.25, 0.3) is 10.2 Å². The van der Waals surface area contributed by atoms with Gasteiger partial charge in [-0.05, 0) is 59.9 Å². The first-order chi connectivity index (χ1) is 12.0. The molecule has 6 nitrogen and oxygen atoms in total. The zero-order valence-electron chi connectivity index (χ0n) is 16.4. The molecule has 2 aromatic heterocycles. The van der Waals surface area contributed by atoms with Crippen LogP contribution in [0.5, 0.6) is 0 Å². The smallest absolute Gasteiger partial charge is 0.262 e. The van der Waals surface area contributed by atoms with Gasteiger partial charge in [0.05, 0.1) is 16.6 Å². The molecule has 0 radical (unpaired) electrons. The molecule has 7 heteroatoms. The molecule has 0 unspecified atom stereocenters. The maximum atomic E-state index is 12.9. The molecule has 0 atom stereocenters. The SMILES string of the molecule is CCn1cnc2sc(C(=O)NC3CC(C)(C)NC(C)(C)C3)c(C)c2c1=O. The van der Waals surface area contributed by atoms with E-state index < -0.39 is 0 Å². The minimum atomic E-state index is -0.105. The monoisotopic (exact) mass is 376 g/mol. The average molecular weight is 377 g/mol. The number of hydrogen-bond donors (Lipinski definition) is 2. The van der Waals surface area contributed by atoms with Crippen molar-refractivity contribution in [2.75, 3.05) is 0 Å².